The first-order valence-electron chi connectivity index (χ1n) is 25.2. The molecule has 0 spiro atoms. The molecule has 0 radical (unpaired) electrons. The van der Waals surface area contributed by atoms with Crippen molar-refractivity contribution in [1.82, 2.24) is 14.5 Å². The second kappa shape index (κ2) is 19.2. The maximum atomic E-state index is 12.6. The number of para-hydroxylation sites is 1. The van der Waals surface area contributed by atoms with Gasteiger partial charge in [0.15, 0.2) is 0 Å². The number of rotatable bonds is 8. The van der Waals surface area contributed by atoms with Crippen LogP contribution in [0.5, 0.6) is 5.75 Å². The predicted molar refractivity (Wildman–Crippen MR) is 301 cm³/mol. The van der Waals surface area contributed by atoms with E-state index >= 15 is 0 Å². The number of fused-ring (bicyclic) bond motifs is 1. The zero-order valence-corrected chi connectivity index (χ0v) is 47.0. The van der Waals surface area contributed by atoms with Gasteiger partial charge in [0, 0.05) is 44.1 Å². The van der Waals surface area contributed by atoms with Crippen molar-refractivity contribution in [3.05, 3.63) is 192 Å². The Bertz CT molecular complexity index is 3410. The summed E-state index contributed by atoms with van der Waals surface area (Å²) in [6, 6.07) is 60.4. The van der Waals surface area contributed by atoms with E-state index in [1.165, 1.54) is 11.1 Å². The number of aromatic nitrogens is 3. The number of aromatic hydroxyl groups is 1. The zero-order valence-electron chi connectivity index (χ0n) is 44.7. The van der Waals surface area contributed by atoms with Crippen LogP contribution in [0.15, 0.2) is 164 Å². The summed E-state index contributed by atoms with van der Waals surface area (Å²) in [4.78, 5) is 10.7. The second-order valence-corrected chi connectivity index (χ2v) is 24.2. The molecule has 9 aromatic rings. The van der Waals surface area contributed by atoms with E-state index in [-0.39, 0.29) is 53.9 Å². The van der Waals surface area contributed by atoms with Crippen molar-refractivity contribution in [1.29, 1.82) is 0 Å². The van der Waals surface area contributed by atoms with Gasteiger partial charge in [-0.05, 0) is 96.4 Å². The third-order valence-corrected chi connectivity index (χ3v) is 15.0. The fraction of sp³-hybridized carbons (Fsp3) is 0.284. The first-order chi connectivity index (χ1) is 33.4. The monoisotopic (exact) mass is 1130 g/mol. The quantitative estimate of drug-likeness (QED) is 0.154. The summed E-state index contributed by atoms with van der Waals surface area (Å²) in [5, 5.41) is 12.6. The number of hydrogen-bond acceptors (Lipinski definition) is 3. The number of hydrogen-bond donors (Lipinski definition) is 1. The van der Waals surface area contributed by atoms with Crippen molar-refractivity contribution in [3.63, 3.8) is 0 Å². The van der Waals surface area contributed by atoms with Crippen LogP contribution in [0.3, 0.4) is 0 Å². The Morgan fingerprint density at radius 2 is 1.04 bits per heavy atom. The molecule has 2 aromatic heterocycles. The molecule has 9 rings (SSSR count). The molecule has 1 N–H and O–H groups in total. The summed E-state index contributed by atoms with van der Waals surface area (Å²) in [6.45, 7) is 31.6. The van der Waals surface area contributed by atoms with Crippen LogP contribution in [0.1, 0.15) is 119 Å². The number of nitrogens with zero attached hydrogens (tertiary/aromatic N) is 3. The molecule has 0 bridgehead atoms. The molecule has 0 aliphatic carbocycles. The minimum Gasteiger partial charge on any atom is -0.507 e. The van der Waals surface area contributed by atoms with Crippen LogP contribution >= 0.6 is 0 Å². The van der Waals surface area contributed by atoms with Crippen LogP contribution in [0.25, 0.3) is 83.9 Å². The predicted octanol–water partition coefficient (Wildman–Crippen LogP) is 18.1. The standard InChI is InChI=1S/C67H70N3O.Pt/c1-63(2,3)51-32-33-58(54(40-51)45-24-19-16-20-25-45)70-59-27-21-26-53(60(59)69-62(70)55-41-52(64(4,5)6)42-56(61(55)71)65(7,8)9)48-36-47(43-22-17-15-18-23-43)37-49(38-48)57-39-46(34-35-68-57)44-28-30-50(31-29-44)67(13,14)66(10,11)12;/h15-37,39-42,71H,1-14H3;/q-1;. The van der Waals surface area contributed by atoms with Crippen LogP contribution in [-0.2, 0) is 42.7 Å². The Morgan fingerprint density at radius 1 is 0.458 bits per heavy atom. The normalized spacial score (nSPS) is 12.5. The molecule has 0 saturated heterocycles. The van der Waals surface area contributed by atoms with Crippen molar-refractivity contribution in [2.45, 2.75) is 119 Å². The van der Waals surface area contributed by atoms with Crippen LogP contribution in [0.2, 0.25) is 0 Å². The van der Waals surface area contributed by atoms with Crippen molar-refractivity contribution >= 4 is 11.0 Å². The Kier molecular flexibility index (Phi) is 13.9. The minimum atomic E-state index is -0.340. The Balaban J connectivity index is 0.00000693. The molecule has 0 unspecified atom stereocenters. The molecule has 0 aliphatic heterocycles. The minimum absolute atomic E-state index is 0. The summed E-state index contributed by atoms with van der Waals surface area (Å²) in [5.41, 5.74) is 17.6. The van der Waals surface area contributed by atoms with Gasteiger partial charge in [0.05, 0.1) is 22.3 Å². The first-order valence-corrected chi connectivity index (χ1v) is 25.2. The van der Waals surface area contributed by atoms with E-state index in [0.29, 0.717) is 11.4 Å². The third-order valence-electron chi connectivity index (χ3n) is 15.0. The van der Waals surface area contributed by atoms with E-state index in [9.17, 15) is 5.11 Å². The summed E-state index contributed by atoms with van der Waals surface area (Å²) in [7, 11) is 0. The molecule has 2 heterocycles. The second-order valence-electron chi connectivity index (χ2n) is 24.2. The fourth-order valence-electron chi connectivity index (χ4n) is 9.52. The van der Waals surface area contributed by atoms with Gasteiger partial charge in [-0.1, -0.05) is 229 Å². The van der Waals surface area contributed by atoms with Gasteiger partial charge >= 0.3 is 0 Å². The van der Waals surface area contributed by atoms with Crippen LogP contribution in [-0.4, -0.2) is 19.6 Å². The molecule has 0 aliphatic rings. The van der Waals surface area contributed by atoms with Crippen molar-refractivity contribution in [2.24, 2.45) is 5.41 Å². The molecule has 370 valence electrons. The molecule has 0 atom stereocenters. The maximum absolute atomic E-state index is 12.6. The number of pyridine rings is 1. The summed E-state index contributed by atoms with van der Waals surface area (Å²) in [6.07, 6.45) is 1.91. The number of benzene rings is 7. The summed E-state index contributed by atoms with van der Waals surface area (Å²) >= 11 is 0. The largest absolute Gasteiger partial charge is 0.507 e. The molecule has 5 heteroatoms. The van der Waals surface area contributed by atoms with Crippen molar-refractivity contribution < 1.29 is 26.2 Å². The topological polar surface area (TPSA) is 50.9 Å². The summed E-state index contributed by atoms with van der Waals surface area (Å²) < 4.78 is 2.28. The molecule has 0 amide bonds. The zero-order chi connectivity index (χ0) is 50.8. The number of phenols is 1. The van der Waals surface area contributed by atoms with Gasteiger partial charge in [-0.3, -0.25) is 9.55 Å². The average molecular weight is 1130 g/mol. The Hall–Kier alpha value is -6.35. The maximum Gasteiger partial charge on any atom is 0.148 e. The molecule has 0 saturated carbocycles. The first kappa shape index (κ1) is 52.0. The van der Waals surface area contributed by atoms with Gasteiger partial charge in [-0.2, -0.15) is 0 Å². The van der Waals surface area contributed by atoms with Crippen LogP contribution in [0, 0.1) is 11.5 Å². The van der Waals surface area contributed by atoms with Crippen LogP contribution in [0.4, 0.5) is 0 Å². The van der Waals surface area contributed by atoms with E-state index in [1.54, 1.807) is 0 Å². The van der Waals surface area contributed by atoms with Gasteiger partial charge in [0.2, 0.25) is 0 Å². The van der Waals surface area contributed by atoms with Crippen molar-refractivity contribution in [3.8, 4) is 78.6 Å². The number of phenolic OH excluding ortho intramolecular Hbond substituents is 1. The van der Waals surface area contributed by atoms with Gasteiger partial charge in [-0.25, -0.2) is 4.98 Å². The van der Waals surface area contributed by atoms with Crippen LogP contribution < -0.4 is 0 Å². The van der Waals surface area contributed by atoms with Gasteiger partial charge in [0.1, 0.15) is 11.6 Å². The molecular weight excluding hydrogens is 1060 g/mol. The molecule has 72 heavy (non-hydrogen) atoms. The van der Waals surface area contributed by atoms with E-state index in [4.69, 9.17) is 9.97 Å². The molecule has 4 nitrogen and oxygen atoms in total. The average Bonchev–Trinajstić information content (AvgIpc) is 3.72. The van der Waals surface area contributed by atoms with E-state index < -0.39 is 0 Å². The van der Waals surface area contributed by atoms with Gasteiger partial charge in [-0.15, -0.1) is 23.8 Å². The summed E-state index contributed by atoms with van der Waals surface area (Å²) in [5.74, 6) is 0.919. The molecular formula is C67H70N3OPt-. The van der Waals surface area contributed by atoms with Gasteiger partial charge < -0.3 is 5.11 Å². The third kappa shape index (κ3) is 10.1. The molecule has 0 fully saturated rings. The smallest absolute Gasteiger partial charge is 0.148 e. The van der Waals surface area contributed by atoms with E-state index in [0.717, 1.165) is 83.6 Å². The van der Waals surface area contributed by atoms with E-state index in [1.807, 2.05) is 6.20 Å². The fourth-order valence-corrected chi connectivity index (χ4v) is 9.52. The number of imidazole rings is 1. The SMILES string of the molecule is CC(C)(C)c1ccc(-n2c(-c3cc(C(C)(C)C)cc(C(C)(C)C)c3O)nc3c(-c4[c-]c(-c5cc(-c6ccc(C(C)(C)C(C)(C)C)cc6)ccn5)cc(-c5ccccc5)c4)cccc32)c(-c2ccccc2)c1.[Pt]. The Labute approximate surface area is 443 Å². The van der Waals surface area contributed by atoms with Gasteiger partial charge in [0.25, 0.3) is 0 Å². The van der Waals surface area contributed by atoms with E-state index in [2.05, 4.69) is 265 Å². The Morgan fingerprint density at radius 3 is 1.65 bits per heavy atom. The van der Waals surface area contributed by atoms with Crippen molar-refractivity contribution in [2.75, 3.05) is 0 Å². The molecule has 7 aromatic carbocycles.